The highest BCUT2D eigenvalue weighted by Gasteiger charge is 2.09. The second kappa shape index (κ2) is 9.19. The van der Waals surface area contributed by atoms with E-state index in [0.717, 1.165) is 0 Å². The van der Waals surface area contributed by atoms with Gasteiger partial charge in [0.1, 0.15) is 5.75 Å². The Hall–Kier alpha value is -2.38. The van der Waals surface area contributed by atoms with Gasteiger partial charge in [0.2, 0.25) is 5.91 Å². The summed E-state index contributed by atoms with van der Waals surface area (Å²) in [6, 6.07) is 5.13. The fourth-order valence-electron chi connectivity index (χ4n) is 1.95. The van der Waals surface area contributed by atoms with Crippen LogP contribution in [0.15, 0.2) is 29.7 Å². The van der Waals surface area contributed by atoms with Crippen LogP contribution < -0.4 is 10.1 Å². The molecule has 1 aromatic carbocycles. The number of nitrogens with zero attached hydrogens (tertiary/aromatic N) is 1. The van der Waals surface area contributed by atoms with Crippen LogP contribution in [0.4, 0.5) is 5.13 Å². The number of amides is 1. The Kier molecular flexibility index (Phi) is 6.97. The van der Waals surface area contributed by atoms with Crippen molar-refractivity contribution in [2.75, 3.05) is 19.0 Å². The second-order valence-corrected chi connectivity index (χ2v) is 6.13. The molecule has 0 saturated heterocycles. The van der Waals surface area contributed by atoms with Crippen LogP contribution in [0.2, 0.25) is 5.02 Å². The van der Waals surface area contributed by atoms with Crippen molar-refractivity contribution in [2.45, 2.75) is 13.3 Å². The number of benzene rings is 1. The summed E-state index contributed by atoms with van der Waals surface area (Å²) >= 11 is 7.19. The van der Waals surface area contributed by atoms with Crippen LogP contribution in [0.25, 0.3) is 6.08 Å². The lowest BCUT2D eigenvalue weighted by atomic mass is 10.2. The fourth-order valence-corrected chi connectivity index (χ4v) is 2.85. The molecule has 0 radical (unpaired) electrons. The van der Waals surface area contributed by atoms with Gasteiger partial charge in [-0.3, -0.25) is 14.9 Å². The van der Waals surface area contributed by atoms with Gasteiger partial charge in [-0.05, 0) is 31.2 Å². The topological polar surface area (TPSA) is 77.5 Å². The summed E-state index contributed by atoms with van der Waals surface area (Å²) < 4.78 is 10.1. The number of carbonyl (C=O) groups excluding carboxylic acids is 2. The summed E-state index contributed by atoms with van der Waals surface area (Å²) in [5, 5.41) is 5.31. The standard InChI is InChI=1S/C17H17ClN2O4S/c1-3-24-16(22)9-13-10-25-17(19-13)20-15(21)7-4-11-8-12(18)5-6-14(11)23-2/h4-8,10H,3,9H2,1-2H3,(H,19,20,21)/b7-4+. The molecule has 1 amide bonds. The molecule has 0 aliphatic rings. The molecule has 0 bridgehead atoms. The SMILES string of the molecule is CCOC(=O)Cc1csc(NC(=O)/C=C/c2cc(Cl)ccc2OC)n1. The lowest BCUT2D eigenvalue weighted by Crippen LogP contribution is -2.09. The van der Waals surface area contributed by atoms with Crippen LogP contribution in [0.3, 0.4) is 0 Å². The normalized spacial score (nSPS) is 10.7. The van der Waals surface area contributed by atoms with Crippen molar-refractivity contribution < 1.29 is 19.1 Å². The van der Waals surface area contributed by atoms with E-state index in [9.17, 15) is 9.59 Å². The number of hydrogen-bond acceptors (Lipinski definition) is 6. The molecule has 1 aromatic heterocycles. The van der Waals surface area contributed by atoms with Gasteiger partial charge in [-0.2, -0.15) is 0 Å². The van der Waals surface area contributed by atoms with Gasteiger partial charge in [0.25, 0.3) is 0 Å². The summed E-state index contributed by atoms with van der Waals surface area (Å²) in [5.74, 6) is -0.0860. The van der Waals surface area contributed by atoms with Gasteiger partial charge in [0.15, 0.2) is 5.13 Å². The molecule has 0 saturated carbocycles. The molecule has 25 heavy (non-hydrogen) atoms. The monoisotopic (exact) mass is 380 g/mol. The van der Waals surface area contributed by atoms with Gasteiger partial charge < -0.3 is 9.47 Å². The zero-order valence-corrected chi connectivity index (χ0v) is 15.3. The molecule has 0 spiro atoms. The highest BCUT2D eigenvalue weighted by Crippen LogP contribution is 2.24. The Morgan fingerprint density at radius 1 is 1.40 bits per heavy atom. The number of thiazole rings is 1. The van der Waals surface area contributed by atoms with Crippen LogP contribution in [-0.4, -0.2) is 30.6 Å². The number of ether oxygens (including phenoxy) is 2. The average Bonchev–Trinajstić information content (AvgIpc) is 3.00. The van der Waals surface area contributed by atoms with Crippen molar-refractivity contribution in [3.63, 3.8) is 0 Å². The number of hydrogen-bond donors (Lipinski definition) is 1. The van der Waals surface area contributed by atoms with Crippen molar-refractivity contribution in [3.8, 4) is 5.75 Å². The minimum Gasteiger partial charge on any atom is -0.496 e. The second-order valence-electron chi connectivity index (χ2n) is 4.83. The molecule has 2 rings (SSSR count). The summed E-state index contributed by atoms with van der Waals surface area (Å²) in [4.78, 5) is 27.6. The zero-order valence-electron chi connectivity index (χ0n) is 13.7. The first kappa shape index (κ1) is 19.0. The maximum absolute atomic E-state index is 12.0. The van der Waals surface area contributed by atoms with E-state index < -0.39 is 0 Å². The van der Waals surface area contributed by atoms with E-state index in [1.807, 2.05) is 0 Å². The Balaban J connectivity index is 1.97. The third-order valence-electron chi connectivity index (χ3n) is 3.02. The molecule has 0 atom stereocenters. The summed E-state index contributed by atoms with van der Waals surface area (Å²) in [5.41, 5.74) is 1.24. The number of carbonyl (C=O) groups is 2. The summed E-state index contributed by atoms with van der Waals surface area (Å²) in [6.07, 6.45) is 3.05. The highest BCUT2D eigenvalue weighted by atomic mass is 35.5. The van der Waals surface area contributed by atoms with Crippen LogP contribution in [0.1, 0.15) is 18.2 Å². The Labute approximate surface area is 154 Å². The smallest absolute Gasteiger partial charge is 0.311 e. The zero-order chi connectivity index (χ0) is 18.2. The maximum atomic E-state index is 12.0. The van der Waals surface area contributed by atoms with E-state index in [4.69, 9.17) is 21.1 Å². The van der Waals surface area contributed by atoms with Crippen LogP contribution >= 0.6 is 22.9 Å². The van der Waals surface area contributed by atoms with Crippen molar-refractivity contribution in [1.82, 2.24) is 4.98 Å². The number of anilines is 1. The van der Waals surface area contributed by atoms with Crippen molar-refractivity contribution in [3.05, 3.63) is 45.9 Å². The minimum absolute atomic E-state index is 0.0791. The van der Waals surface area contributed by atoms with Gasteiger partial charge in [0, 0.05) is 22.0 Å². The molecule has 0 fully saturated rings. The summed E-state index contributed by atoms with van der Waals surface area (Å²) in [6.45, 7) is 2.07. The van der Waals surface area contributed by atoms with Gasteiger partial charge >= 0.3 is 5.97 Å². The molecule has 2 aromatic rings. The number of nitrogens with one attached hydrogen (secondary N) is 1. The molecule has 1 heterocycles. The fraction of sp³-hybridized carbons (Fsp3) is 0.235. The number of esters is 1. The first-order valence-electron chi connectivity index (χ1n) is 7.44. The van der Waals surface area contributed by atoms with Gasteiger partial charge in [-0.15, -0.1) is 11.3 Å². The van der Waals surface area contributed by atoms with Crippen LogP contribution in [-0.2, 0) is 20.7 Å². The molecular weight excluding hydrogens is 364 g/mol. The molecule has 6 nitrogen and oxygen atoms in total. The predicted octanol–water partition coefficient (Wildman–Crippen LogP) is 3.56. The predicted molar refractivity (Wildman–Crippen MR) is 98.1 cm³/mol. The first-order chi connectivity index (χ1) is 12.0. The van der Waals surface area contributed by atoms with E-state index in [0.29, 0.717) is 33.8 Å². The van der Waals surface area contributed by atoms with Gasteiger partial charge in [-0.1, -0.05) is 11.6 Å². The molecular formula is C17H17ClN2O4S. The number of aromatic nitrogens is 1. The third-order valence-corrected chi connectivity index (χ3v) is 4.06. The van der Waals surface area contributed by atoms with E-state index in [1.54, 1.807) is 43.7 Å². The largest absolute Gasteiger partial charge is 0.496 e. The first-order valence-corrected chi connectivity index (χ1v) is 8.70. The lowest BCUT2D eigenvalue weighted by Gasteiger charge is -2.04. The Morgan fingerprint density at radius 3 is 2.92 bits per heavy atom. The molecule has 0 aliphatic heterocycles. The third kappa shape index (κ3) is 5.88. The number of halogens is 1. The number of rotatable bonds is 7. The van der Waals surface area contributed by atoms with E-state index in [1.165, 1.54) is 17.4 Å². The van der Waals surface area contributed by atoms with Crippen molar-refractivity contribution in [1.29, 1.82) is 0 Å². The Morgan fingerprint density at radius 2 is 2.20 bits per heavy atom. The minimum atomic E-state index is -0.348. The quantitative estimate of drug-likeness (QED) is 0.587. The maximum Gasteiger partial charge on any atom is 0.311 e. The highest BCUT2D eigenvalue weighted by molar-refractivity contribution is 7.14. The van der Waals surface area contributed by atoms with E-state index in [2.05, 4.69) is 10.3 Å². The van der Waals surface area contributed by atoms with Crippen molar-refractivity contribution in [2.24, 2.45) is 0 Å². The van der Waals surface area contributed by atoms with Gasteiger partial charge in [-0.25, -0.2) is 4.98 Å². The molecule has 0 aliphatic carbocycles. The van der Waals surface area contributed by atoms with E-state index in [-0.39, 0.29) is 18.3 Å². The van der Waals surface area contributed by atoms with E-state index >= 15 is 0 Å². The lowest BCUT2D eigenvalue weighted by molar-refractivity contribution is -0.142. The van der Waals surface area contributed by atoms with Gasteiger partial charge in [0.05, 0.1) is 25.8 Å². The number of methoxy groups -OCH3 is 1. The molecule has 1 N–H and O–H groups in total. The average molecular weight is 381 g/mol. The molecule has 0 unspecified atom stereocenters. The Bertz CT molecular complexity index is 789. The van der Waals surface area contributed by atoms with Crippen LogP contribution in [0, 0.1) is 0 Å². The van der Waals surface area contributed by atoms with Crippen molar-refractivity contribution >= 4 is 46.0 Å². The molecule has 132 valence electrons. The van der Waals surface area contributed by atoms with Crippen LogP contribution in [0.5, 0.6) is 5.75 Å². The molecule has 8 heteroatoms. The summed E-state index contributed by atoms with van der Waals surface area (Å²) in [7, 11) is 1.54.